The highest BCUT2D eigenvalue weighted by atomic mass is 19.4. The Bertz CT molecular complexity index is 1190. The predicted molar refractivity (Wildman–Crippen MR) is 114 cm³/mol. The van der Waals surface area contributed by atoms with E-state index >= 15 is 0 Å². The number of fused-ring (bicyclic) bond motifs is 1. The summed E-state index contributed by atoms with van der Waals surface area (Å²) in [6, 6.07) is 7.04. The lowest BCUT2D eigenvalue weighted by molar-refractivity contribution is -0.137. The Morgan fingerprint density at radius 1 is 1.26 bits per heavy atom. The molecule has 2 heterocycles. The Hall–Kier alpha value is -3.16. The van der Waals surface area contributed by atoms with Gasteiger partial charge < -0.3 is 5.73 Å². The summed E-state index contributed by atoms with van der Waals surface area (Å²) < 4.78 is 40.4. The van der Waals surface area contributed by atoms with Crippen molar-refractivity contribution in [1.82, 2.24) is 14.8 Å². The van der Waals surface area contributed by atoms with Gasteiger partial charge in [0.15, 0.2) is 5.65 Å². The number of rotatable bonds is 4. The van der Waals surface area contributed by atoms with Crippen molar-refractivity contribution in [1.29, 1.82) is 5.41 Å². The summed E-state index contributed by atoms with van der Waals surface area (Å²) in [5, 5.41) is 13.7. The summed E-state index contributed by atoms with van der Waals surface area (Å²) in [6.07, 6.45) is 1.44. The topological polar surface area (TPSA) is 80.6 Å². The summed E-state index contributed by atoms with van der Waals surface area (Å²) in [4.78, 5) is 4.35. The zero-order chi connectivity index (χ0) is 22.4. The van der Waals surface area contributed by atoms with Crippen molar-refractivity contribution >= 4 is 16.7 Å². The molecule has 8 heteroatoms. The third-order valence-corrected chi connectivity index (χ3v) is 5.70. The van der Waals surface area contributed by atoms with Crippen LogP contribution in [0.1, 0.15) is 49.8 Å². The molecule has 0 atom stereocenters. The van der Waals surface area contributed by atoms with Crippen LogP contribution in [-0.4, -0.2) is 20.5 Å². The summed E-state index contributed by atoms with van der Waals surface area (Å²) >= 11 is 0. The van der Waals surface area contributed by atoms with Gasteiger partial charge in [0.05, 0.1) is 17.8 Å². The smallest absolute Gasteiger partial charge is 0.402 e. The maximum Gasteiger partial charge on any atom is 0.416 e. The molecule has 0 amide bonds. The van der Waals surface area contributed by atoms with Gasteiger partial charge in [0.2, 0.25) is 0 Å². The number of hydrogen-bond acceptors (Lipinski definition) is 4. The van der Waals surface area contributed by atoms with Gasteiger partial charge in [-0.25, -0.2) is 4.98 Å². The average molecular weight is 427 g/mol. The SMILES string of the molecule is CC1(C)CCC(C(=N)c2cnc3nn(Cc4cccc(C(F)(F)F)c4)cc3c2)=C(N)C1. The zero-order valence-corrected chi connectivity index (χ0v) is 17.4. The van der Waals surface area contributed by atoms with Crippen LogP contribution in [0, 0.1) is 10.8 Å². The highest BCUT2D eigenvalue weighted by molar-refractivity contribution is 6.12. The van der Waals surface area contributed by atoms with E-state index in [1.54, 1.807) is 23.1 Å². The fourth-order valence-corrected chi connectivity index (χ4v) is 4.01. The molecule has 31 heavy (non-hydrogen) atoms. The first kappa shape index (κ1) is 21.1. The van der Waals surface area contributed by atoms with E-state index in [0.717, 1.165) is 48.1 Å². The van der Waals surface area contributed by atoms with E-state index in [1.807, 2.05) is 6.07 Å². The van der Waals surface area contributed by atoms with Crippen LogP contribution < -0.4 is 5.73 Å². The molecule has 0 fully saturated rings. The Kier molecular flexibility index (Phi) is 5.11. The molecular weight excluding hydrogens is 403 g/mol. The molecule has 3 aromatic rings. The molecule has 0 bridgehead atoms. The molecule has 0 aliphatic heterocycles. The van der Waals surface area contributed by atoms with Crippen LogP contribution in [-0.2, 0) is 12.7 Å². The second-order valence-corrected chi connectivity index (χ2v) is 8.88. The summed E-state index contributed by atoms with van der Waals surface area (Å²) in [5.41, 5.74) is 9.33. The number of halogens is 3. The molecular formula is C23H24F3N5. The van der Waals surface area contributed by atoms with Crippen LogP contribution in [0.3, 0.4) is 0 Å². The summed E-state index contributed by atoms with van der Waals surface area (Å²) in [5.74, 6) is 0. The highest BCUT2D eigenvalue weighted by Crippen LogP contribution is 2.37. The minimum absolute atomic E-state index is 0.140. The van der Waals surface area contributed by atoms with Crippen LogP contribution in [0.15, 0.2) is 54.0 Å². The second-order valence-electron chi connectivity index (χ2n) is 8.88. The summed E-state index contributed by atoms with van der Waals surface area (Å²) in [7, 11) is 0. The molecule has 5 nitrogen and oxygen atoms in total. The molecule has 2 aromatic heterocycles. The van der Waals surface area contributed by atoms with E-state index in [1.165, 1.54) is 6.07 Å². The number of nitrogens with zero attached hydrogens (tertiary/aromatic N) is 3. The number of allylic oxidation sites excluding steroid dienone is 2. The van der Waals surface area contributed by atoms with Gasteiger partial charge in [-0.3, -0.25) is 10.1 Å². The Labute approximate surface area is 178 Å². The molecule has 0 saturated heterocycles. The van der Waals surface area contributed by atoms with Gasteiger partial charge in [0, 0.05) is 29.0 Å². The lowest BCUT2D eigenvalue weighted by atomic mass is 9.75. The molecule has 1 aliphatic rings. The van der Waals surface area contributed by atoms with E-state index in [2.05, 4.69) is 23.9 Å². The maximum absolute atomic E-state index is 13.0. The first-order valence-corrected chi connectivity index (χ1v) is 10.1. The molecule has 0 spiro atoms. The maximum atomic E-state index is 13.0. The van der Waals surface area contributed by atoms with Crippen LogP contribution in [0.5, 0.6) is 0 Å². The standard InChI is InChI=1S/C23H24F3N5/c1-22(2)7-6-18(19(27)10-22)20(28)15-9-16-13-31(30-21(16)29-11-15)12-14-4-3-5-17(8-14)23(24,25)26/h3-5,8-9,11,13,28H,6-7,10,12,27H2,1-2H3. The lowest BCUT2D eigenvalue weighted by Crippen LogP contribution is -2.25. The Morgan fingerprint density at radius 2 is 2.03 bits per heavy atom. The van der Waals surface area contributed by atoms with Gasteiger partial charge in [0.1, 0.15) is 0 Å². The molecule has 3 N–H and O–H groups in total. The number of hydrogen-bond donors (Lipinski definition) is 2. The van der Waals surface area contributed by atoms with Crippen LogP contribution in [0.25, 0.3) is 11.0 Å². The van der Waals surface area contributed by atoms with Crippen LogP contribution >= 0.6 is 0 Å². The molecule has 4 rings (SSSR count). The van der Waals surface area contributed by atoms with Crippen LogP contribution in [0.4, 0.5) is 13.2 Å². The Balaban J connectivity index is 1.59. The van der Waals surface area contributed by atoms with E-state index in [-0.39, 0.29) is 12.0 Å². The number of nitrogens with one attached hydrogen (secondary N) is 1. The van der Waals surface area contributed by atoms with Gasteiger partial charge in [-0.05, 0) is 54.0 Å². The number of benzene rings is 1. The fourth-order valence-electron chi connectivity index (χ4n) is 4.01. The highest BCUT2D eigenvalue weighted by Gasteiger charge is 2.30. The Morgan fingerprint density at radius 3 is 2.74 bits per heavy atom. The minimum Gasteiger partial charge on any atom is -0.402 e. The average Bonchev–Trinajstić information content (AvgIpc) is 3.07. The van der Waals surface area contributed by atoms with Crippen molar-refractivity contribution < 1.29 is 13.2 Å². The van der Waals surface area contributed by atoms with E-state index in [9.17, 15) is 13.2 Å². The van der Waals surface area contributed by atoms with Crippen molar-refractivity contribution in [2.75, 3.05) is 0 Å². The third kappa shape index (κ3) is 4.47. The predicted octanol–water partition coefficient (Wildman–Crippen LogP) is 5.29. The molecule has 162 valence electrons. The largest absolute Gasteiger partial charge is 0.416 e. The first-order chi connectivity index (χ1) is 14.5. The normalized spacial score (nSPS) is 16.7. The first-order valence-electron chi connectivity index (χ1n) is 10.1. The van der Waals surface area contributed by atoms with Gasteiger partial charge in [-0.2, -0.15) is 18.3 Å². The van der Waals surface area contributed by atoms with Crippen molar-refractivity contribution in [3.8, 4) is 0 Å². The molecule has 0 radical (unpaired) electrons. The number of pyridine rings is 1. The van der Waals surface area contributed by atoms with Crippen molar-refractivity contribution in [3.63, 3.8) is 0 Å². The minimum atomic E-state index is -4.38. The lowest BCUT2D eigenvalue weighted by Gasteiger charge is -2.31. The molecule has 1 aromatic carbocycles. The summed E-state index contributed by atoms with van der Waals surface area (Å²) in [6.45, 7) is 4.54. The van der Waals surface area contributed by atoms with Crippen molar-refractivity contribution in [2.45, 2.75) is 45.8 Å². The fraction of sp³-hybridized carbons (Fsp3) is 0.348. The van der Waals surface area contributed by atoms with E-state index < -0.39 is 11.7 Å². The molecule has 1 aliphatic carbocycles. The van der Waals surface area contributed by atoms with E-state index in [0.29, 0.717) is 22.5 Å². The van der Waals surface area contributed by atoms with E-state index in [4.69, 9.17) is 11.1 Å². The van der Waals surface area contributed by atoms with Crippen LogP contribution in [0.2, 0.25) is 0 Å². The van der Waals surface area contributed by atoms with Gasteiger partial charge in [-0.15, -0.1) is 0 Å². The monoisotopic (exact) mass is 427 g/mol. The number of nitrogens with two attached hydrogens (primary N) is 1. The third-order valence-electron chi connectivity index (χ3n) is 5.70. The van der Waals surface area contributed by atoms with Gasteiger partial charge in [0.25, 0.3) is 0 Å². The van der Waals surface area contributed by atoms with Crippen molar-refractivity contribution in [2.24, 2.45) is 11.1 Å². The van der Waals surface area contributed by atoms with Gasteiger partial charge >= 0.3 is 6.18 Å². The van der Waals surface area contributed by atoms with Crippen molar-refractivity contribution in [3.05, 3.63) is 70.7 Å². The van der Waals surface area contributed by atoms with Gasteiger partial charge in [-0.1, -0.05) is 26.0 Å². The molecule has 0 unspecified atom stereocenters. The molecule has 0 saturated carbocycles. The number of alkyl halides is 3. The quantitative estimate of drug-likeness (QED) is 0.555. The number of aromatic nitrogens is 3. The second kappa shape index (κ2) is 7.51. The zero-order valence-electron chi connectivity index (χ0n) is 17.4.